The fraction of sp³-hybridized carbons (Fsp3) is 0.889. The Balaban J connectivity index is 2.09. The van der Waals surface area contributed by atoms with E-state index < -0.39 is 6.04 Å². The molecule has 0 amide bonds. The summed E-state index contributed by atoms with van der Waals surface area (Å²) in [6.45, 7) is 0. The summed E-state index contributed by atoms with van der Waals surface area (Å²) in [5, 5.41) is 0. The molecule has 64 valence electrons. The first kappa shape index (κ1) is 8.69. The third-order valence-electron chi connectivity index (χ3n) is 2.47. The minimum atomic E-state index is -1.14. The van der Waals surface area contributed by atoms with Gasteiger partial charge in [-0.15, -0.1) is 0 Å². The van der Waals surface area contributed by atoms with Crippen molar-refractivity contribution < 1.29 is 9.18 Å². The Morgan fingerprint density at radius 2 is 1.91 bits per heavy atom. The summed E-state index contributed by atoms with van der Waals surface area (Å²) >= 11 is 0. The minimum absolute atomic E-state index is 0.144. The lowest BCUT2D eigenvalue weighted by atomic mass is 9.86. The lowest BCUT2D eigenvalue weighted by molar-refractivity contribution is -0.129. The lowest BCUT2D eigenvalue weighted by Gasteiger charge is -2.20. The van der Waals surface area contributed by atoms with E-state index in [9.17, 15) is 9.18 Å². The van der Waals surface area contributed by atoms with E-state index in [1.807, 2.05) is 0 Å². The second kappa shape index (κ2) is 4.47. The van der Waals surface area contributed by atoms with Crippen LogP contribution < -0.4 is 0 Å². The predicted molar refractivity (Wildman–Crippen MR) is 41.9 cm³/mol. The van der Waals surface area contributed by atoms with Crippen molar-refractivity contribution in [3.05, 3.63) is 0 Å². The van der Waals surface area contributed by atoms with Crippen LogP contribution in [0.2, 0.25) is 0 Å². The third-order valence-corrected chi connectivity index (χ3v) is 2.47. The summed E-state index contributed by atoms with van der Waals surface area (Å²) in [4.78, 5) is 10.0. The maximum absolute atomic E-state index is 11.8. The van der Waals surface area contributed by atoms with Gasteiger partial charge in [0.15, 0.2) is 0 Å². The molecule has 0 saturated heterocycles. The molecule has 1 aliphatic rings. The van der Waals surface area contributed by atoms with Gasteiger partial charge in [-0.3, -0.25) is 4.79 Å². The molecule has 0 aromatic heterocycles. The van der Waals surface area contributed by atoms with Crippen molar-refractivity contribution >= 4 is 6.04 Å². The summed E-state index contributed by atoms with van der Waals surface area (Å²) in [6.07, 6.45) is 7.18. The quantitative estimate of drug-likeness (QED) is 0.577. The smallest absolute Gasteiger partial charge is 0.261 e. The molecule has 0 spiro atoms. The second-order valence-corrected chi connectivity index (χ2v) is 3.40. The van der Waals surface area contributed by atoms with Gasteiger partial charge in [0.1, 0.15) is 0 Å². The highest BCUT2D eigenvalue weighted by Crippen LogP contribution is 2.27. The zero-order valence-corrected chi connectivity index (χ0v) is 6.81. The van der Waals surface area contributed by atoms with E-state index in [0.29, 0.717) is 5.92 Å². The molecular weight excluding hydrogens is 143 g/mol. The van der Waals surface area contributed by atoms with Gasteiger partial charge in [-0.05, 0) is 12.3 Å². The number of hydrogen-bond donors (Lipinski definition) is 0. The Morgan fingerprint density at radius 3 is 2.45 bits per heavy atom. The first-order valence-electron chi connectivity index (χ1n) is 4.47. The topological polar surface area (TPSA) is 17.1 Å². The molecule has 0 aromatic rings. The maximum Gasteiger partial charge on any atom is 0.301 e. The molecule has 0 unspecified atom stereocenters. The molecule has 1 saturated carbocycles. The number of hydrogen-bond acceptors (Lipinski definition) is 1. The summed E-state index contributed by atoms with van der Waals surface area (Å²) in [6, 6.07) is -1.14. The first-order valence-corrected chi connectivity index (χ1v) is 4.47. The highest BCUT2D eigenvalue weighted by atomic mass is 19.1. The van der Waals surface area contributed by atoms with Crippen LogP contribution in [0.3, 0.4) is 0 Å². The van der Waals surface area contributed by atoms with Gasteiger partial charge in [-0.1, -0.05) is 32.1 Å². The fourth-order valence-corrected chi connectivity index (χ4v) is 1.79. The van der Waals surface area contributed by atoms with Gasteiger partial charge in [0.25, 0.3) is 0 Å². The van der Waals surface area contributed by atoms with Crippen molar-refractivity contribution in [3.8, 4) is 0 Å². The van der Waals surface area contributed by atoms with Crippen LogP contribution in [0.5, 0.6) is 0 Å². The molecule has 1 aliphatic carbocycles. The summed E-state index contributed by atoms with van der Waals surface area (Å²) in [5.41, 5.74) is 0. The van der Waals surface area contributed by atoms with Crippen LogP contribution in [0.25, 0.3) is 0 Å². The van der Waals surface area contributed by atoms with Gasteiger partial charge >= 0.3 is 6.04 Å². The van der Waals surface area contributed by atoms with Gasteiger partial charge in [-0.2, -0.15) is 4.39 Å². The molecule has 0 N–H and O–H groups in total. The highest BCUT2D eigenvalue weighted by molar-refractivity contribution is 5.67. The Labute approximate surface area is 67.0 Å². The molecule has 1 nitrogen and oxygen atoms in total. The van der Waals surface area contributed by atoms with Crippen LogP contribution in [0.15, 0.2) is 0 Å². The average molecular weight is 158 g/mol. The maximum atomic E-state index is 11.8. The number of rotatable bonds is 3. The molecule has 11 heavy (non-hydrogen) atoms. The second-order valence-electron chi connectivity index (χ2n) is 3.40. The van der Waals surface area contributed by atoms with Crippen molar-refractivity contribution in [3.63, 3.8) is 0 Å². The van der Waals surface area contributed by atoms with Crippen LogP contribution in [0.4, 0.5) is 4.39 Å². The molecule has 0 aliphatic heterocycles. The normalized spacial score (nSPS) is 20.1. The zero-order chi connectivity index (χ0) is 8.10. The molecule has 0 radical (unpaired) electrons. The van der Waals surface area contributed by atoms with Crippen molar-refractivity contribution in [2.45, 2.75) is 44.9 Å². The first-order chi connectivity index (χ1) is 5.29. The Kier molecular flexibility index (Phi) is 3.53. The molecule has 0 heterocycles. The van der Waals surface area contributed by atoms with Crippen LogP contribution in [0.1, 0.15) is 44.9 Å². The highest BCUT2D eigenvalue weighted by Gasteiger charge is 2.14. The summed E-state index contributed by atoms with van der Waals surface area (Å²) in [7, 11) is 0. The van der Waals surface area contributed by atoms with Gasteiger partial charge in [0.2, 0.25) is 0 Å². The van der Waals surface area contributed by atoms with Crippen LogP contribution in [0, 0.1) is 5.92 Å². The van der Waals surface area contributed by atoms with E-state index in [1.54, 1.807) is 0 Å². The Bertz CT molecular complexity index is 128. The third kappa shape index (κ3) is 3.49. The number of carbonyl (C=O) groups excluding carboxylic acids is 1. The largest absolute Gasteiger partial charge is 0.301 e. The van der Waals surface area contributed by atoms with Crippen LogP contribution in [-0.4, -0.2) is 6.04 Å². The molecular formula is C9H15FO. The molecule has 0 bridgehead atoms. The fourth-order valence-electron chi connectivity index (χ4n) is 1.79. The predicted octanol–water partition coefficient (Wildman–Crippen LogP) is 2.84. The van der Waals surface area contributed by atoms with Crippen molar-refractivity contribution in [1.29, 1.82) is 0 Å². The van der Waals surface area contributed by atoms with Crippen LogP contribution in [-0.2, 0) is 4.79 Å². The molecule has 0 atom stereocenters. The van der Waals surface area contributed by atoms with Crippen LogP contribution >= 0.6 is 0 Å². The molecule has 1 rings (SSSR count). The lowest BCUT2D eigenvalue weighted by Crippen LogP contribution is -2.07. The molecule has 1 fully saturated rings. The zero-order valence-electron chi connectivity index (χ0n) is 6.81. The van der Waals surface area contributed by atoms with E-state index in [1.165, 1.54) is 32.1 Å². The summed E-state index contributed by atoms with van der Waals surface area (Å²) in [5.74, 6) is 0.628. The van der Waals surface area contributed by atoms with Crippen molar-refractivity contribution in [2.24, 2.45) is 5.92 Å². The number of halogens is 1. The molecule has 2 heteroatoms. The Morgan fingerprint density at radius 1 is 1.27 bits per heavy atom. The van der Waals surface area contributed by atoms with E-state index >= 15 is 0 Å². The standard InChI is InChI=1S/C9H15FO/c10-9(11)7-6-8-4-2-1-3-5-8/h8H,1-7H2. The summed E-state index contributed by atoms with van der Waals surface area (Å²) < 4.78 is 11.8. The monoisotopic (exact) mass is 158 g/mol. The van der Waals surface area contributed by atoms with E-state index in [-0.39, 0.29) is 6.42 Å². The average Bonchev–Trinajstić information content (AvgIpc) is 2.03. The molecule has 0 aromatic carbocycles. The van der Waals surface area contributed by atoms with Gasteiger partial charge in [-0.25, -0.2) is 0 Å². The van der Waals surface area contributed by atoms with Gasteiger partial charge < -0.3 is 0 Å². The minimum Gasteiger partial charge on any atom is -0.261 e. The SMILES string of the molecule is O=C(F)CCC1CCCCC1. The van der Waals surface area contributed by atoms with Gasteiger partial charge in [0, 0.05) is 6.42 Å². The van der Waals surface area contributed by atoms with Crippen molar-refractivity contribution in [2.75, 3.05) is 0 Å². The number of carbonyl (C=O) groups is 1. The van der Waals surface area contributed by atoms with E-state index in [4.69, 9.17) is 0 Å². The van der Waals surface area contributed by atoms with Gasteiger partial charge in [0.05, 0.1) is 0 Å². The van der Waals surface area contributed by atoms with Crippen molar-refractivity contribution in [1.82, 2.24) is 0 Å². The van der Waals surface area contributed by atoms with E-state index in [0.717, 1.165) is 6.42 Å². The van der Waals surface area contributed by atoms with E-state index in [2.05, 4.69) is 0 Å². The Hall–Kier alpha value is -0.400.